The predicted octanol–water partition coefficient (Wildman–Crippen LogP) is 1.11. The van der Waals surface area contributed by atoms with Crippen LogP contribution in [0, 0.1) is 0 Å². The molecule has 0 fully saturated rings. The van der Waals surface area contributed by atoms with Crippen molar-refractivity contribution in [3.05, 3.63) is 24.0 Å². The molecule has 0 saturated heterocycles. The third-order valence-corrected chi connectivity index (χ3v) is 2.27. The Morgan fingerprint density at radius 3 is 2.67 bits per heavy atom. The average Bonchev–Trinajstić information content (AvgIpc) is 2.27. The second-order valence-corrected chi connectivity index (χ2v) is 3.78. The lowest BCUT2D eigenvalue weighted by Gasteiger charge is -2.21. The van der Waals surface area contributed by atoms with E-state index < -0.39 is 5.60 Å². The first kappa shape index (κ1) is 11.9. The second-order valence-electron chi connectivity index (χ2n) is 3.78. The molecule has 0 aliphatic heterocycles. The quantitative estimate of drug-likeness (QED) is 0.766. The number of pyridine rings is 1. The molecule has 1 rings (SSSR count). The fourth-order valence-electron chi connectivity index (χ4n) is 0.931. The van der Waals surface area contributed by atoms with Gasteiger partial charge in [0.05, 0.1) is 24.1 Å². The number of rotatable bonds is 5. The zero-order chi connectivity index (χ0) is 11.3. The smallest absolute Gasteiger partial charge is 0.137 e. The fraction of sp³-hybridized carbons (Fsp3) is 0.545. The van der Waals surface area contributed by atoms with Crippen LogP contribution >= 0.6 is 0 Å². The lowest BCUT2D eigenvalue weighted by Crippen LogP contribution is -2.31. The molecule has 4 heteroatoms. The number of ether oxygens (including phenoxy) is 1. The van der Waals surface area contributed by atoms with Crippen molar-refractivity contribution in [1.82, 2.24) is 4.98 Å². The van der Waals surface area contributed by atoms with Gasteiger partial charge < -0.3 is 14.9 Å². The summed E-state index contributed by atoms with van der Waals surface area (Å²) in [5.74, 6) is 0.598. The van der Waals surface area contributed by atoms with Crippen molar-refractivity contribution in [3.63, 3.8) is 0 Å². The highest BCUT2D eigenvalue weighted by atomic mass is 16.5. The van der Waals surface area contributed by atoms with Crippen molar-refractivity contribution in [3.8, 4) is 5.75 Å². The fourth-order valence-corrected chi connectivity index (χ4v) is 0.931. The zero-order valence-electron chi connectivity index (χ0n) is 9.10. The zero-order valence-corrected chi connectivity index (χ0v) is 9.10. The van der Waals surface area contributed by atoms with Crippen LogP contribution in [0.25, 0.3) is 0 Å². The van der Waals surface area contributed by atoms with Crippen molar-refractivity contribution in [2.24, 2.45) is 0 Å². The molecule has 4 nitrogen and oxygen atoms in total. The summed E-state index contributed by atoms with van der Waals surface area (Å²) in [5, 5.41) is 18.5. The van der Waals surface area contributed by atoms with Gasteiger partial charge in [0.15, 0.2) is 0 Å². The third kappa shape index (κ3) is 3.85. The Morgan fingerprint density at radius 1 is 1.47 bits per heavy atom. The lowest BCUT2D eigenvalue weighted by molar-refractivity contribution is 0.00834. The summed E-state index contributed by atoms with van der Waals surface area (Å²) in [7, 11) is 0. The van der Waals surface area contributed by atoms with E-state index >= 15 is 0 Å². The lowest BCUT2D eigenvalue weighted by atomic mass is 10.1. The second kappa shape index (κ2) is 5.09. The molecule has 0 spiro atoms. The van der Waals surface area contributed by atoms with Crippen LogP contribution in [-0.2, 0) is 6.61 Å². The monoisotopic (exact) mass is 211 g/mol. The molecular weight excluding hydrogens is 194 g/mol. The van der Waals surface area contributed by atoms with Gasteiger partial charge in [-0.3, -0.25) is 4.98 Å². The molecule has 0 aromatic carbocycles. The predicted molar refractivity (Wildman–Crippen MR) is 56.6 cm³/mol. The molecule has 84 valence electrons. The molecule has 0 aliphatic rings. The summed E-state index contributed by atoms with van der Waals surface area (Å²) in [4.78, 5) is 3.97. The molecule has 1 aromatic heterocycles. The van der Waals surface area contributed by atoms with Crippen LogP contribution in [0.15, 0.2) is 18.3 Å². The van der Waals surface area contributed by atoms with Crippen molar-refractivity contribution in [2.45, 2.75) is 32.5 Å². The minimum absolute atomic E-state index is 0.0764. The van der Waals surface area contributed by atoms with Gasteiger partial charge in [-0.2, -0.15) is 0 Å². The highest BCUT2D eigenvalue weighted by molar-refractivity contribution is 5.19. The summed E-state index contributed by atoms with van der Waals surface area (Å²) in [6.07, 6.45) is 2.17. The summed E-state index contributed by atoms with van der Waals surface area (Å²) in [6, 6.07) is 3.42. The highest BCUT2D eigenvalue weighted by Crippen LogP contribution is 2.14. The van der Waals surface area contributed by atoms with Crippen molar-refractivity contribution >= 4 is 0 Å². The Hall–Kier alpha value is -1.13. The molecule has 1 heterocycles. The molecule has 1 aromatic rings. The summed E-state index contributed by atoms with van der Waals surface area (Å²) < 4.78 is 5.37. The van der Waals surface area contributed by atoms with Crippen LogP contribution in [0.3, 0.4) is 0 Å². The van der Waals surface area contributed by atoms with Crippen LogP contribution in [0.1, 0.15) is 26.0 Å². The molecule has 0 amide bonds. The van der Waals surface area contributed by atoms with Crippen molar-refractivity contribution < 1.29 is 14.9 Å². The molecular formula is C11H17NO3. The van der Waals surface area contributed by atoms with E-state index in [1.54, 1.807) is 19.1 Å². The third-order valence-electron chi connectivity index (χ3n) is 2.27. The maximum atomic E-state index is 9.70. The number of hydrogen-bond acceptors (Lipinski definition) is 4. The van der Waals surface area contributed by atoms with E-state index in [2.05, 4.69) is 4.98 Å². The average molecular weight is 211 g/mol. The Morgan fingerprint density at radius 2 is 2.20 bits per heavy atom. The first-order valence-electron chi connectivity index (χ1n) is 4.98. The summed E-state index contributed by atoms with van der Waals surface area (Å²) >= 11 is 0. The number of aromatic nitrogens is 1. The number of aliphatic hydroxyl groups excluding tert-OH is 1. The van der Waals surface area contributed by atoms with E-state index in [0.29, 0.717) is 17.9 Å². The normalized spacial score (nSPS) is 14.7. The summed E-state index contributed by atoms with van der Waals surface area (Å²) in [5.41, 5.74) is -0.208. The van der Waals surface area contributed by atoms with Gasteiger partial charge in [-0.1, -0.05) is 6.92 Å². The SMILES string of the molecule is CCC(C)(O)COc1ccc(CO)nc1. The molecule has 0 saturated carbocycles. The van der Waals surface area contributed by atoms with E-state index in [0.717, 1.165) is 0 Å². The maximum absolute atomic E-state index is 9.70. The van der Waals surface area contributed by atoms with Gasteiger partial charge in [-0.25, -0.2) is 0 Å². The Bertz CT molecular complexity index is 295. The van der Waals surface area contributed by atoms with E-state index in [9.17, 15) is 5.11 Å². The van der Waals surface area contributed by atoms with E-state index in [1.807, 2.05) is 6.92 Å². The Kier molecular flexibility index (Phi) is 4.05. The van der Waals surface area contributed by atoms with Gasteiger partial charge in [-0.05, 0) is 25.5 Å². The van der Waals surface area contributed by atoms with Gasteiger partial charge in [0.25, 0.3) is 0 Å². The van der Waals surface area contributed by atoms with E-state index in [4.69, 9.17) is 9.84 Å². The van der Waals surface area contributed by atoms with Gasteiger partial charge in [0, 0.05) is 0 Å². The van der Waals surface area contributed by atoms with Gasteiger partial charge in [0.2, 0.25) is 0 Å². The van der Waals surface area contributed by atoms with E-state index in [-0.39, 0.29) is 13.2 Å². The van der Waals surface area contributed by atoms with Gasteiger partial charge in [-0.15, -0.1) is 0 Å². The number of nitrogens with zero attached hydrogens (tertiary/aromatic N) is 1. The molecule has 0 bridgehead atoms. The van der Waals surface area contributed by atoms with Crippen LogP contribution < -0.4 is 4.74 Å². The van der Waals surface area contributed by atoms with Crippen LogP contribution in [-0.4, -0.2) is 27.4 Å². The Balaban J connectivity index is 2.51. The summed E-state index contributed by atoms with van der Waals surface area (Å²) in [6.45, 7) is 3.79. The molecule has 0 radical (unpaired) electrons. The van der Waals surface area contributed by atoms with Crippen LogP contribution in [0.5, 0.6) is 5.75 Å². The van der Waals surface area contributed by atoms with Crippen molar-refractivity contribution in [2.75, 3.05) is 6.61 Å². The maximum Gasteiger partial charge on any atom is 0.137 e. The molecule has 1 unspecified atom stereocenters. The van der Waals surface area contributed by atoms with Gasteiger partial charge in [0.1, 0.15) is 12.4 Å². The minimum Gasteiger partial charge on any atom is -0.489 e. The molecule has 1 atom stereocenters. The highest BCUT2D eigenvalue weighted by Gasteiger charge is 2.18. The first-order valence-corrected chi connectivity index (χ1v) is 4.98. The topological polar surface area (TPSA) is 62.6 Å². The van der Waals surface area contributed by atoms with Crippen LogP contribution in [0.4, 0.5) is 0 Å². The van der Waals surface area contributed by atoms with Gasteiger partial charge >= 0.3 is 0 Å². The Labute approximate surface area is 89.5 Å². The molecule has 2 N–H and O–H groups in total. The molecule has 0 aliphatic carbocycles. The molecule has 15 heavy (non-hydrogen) atoms. The largest absolute Gasteiger partial charge is 0.489 e. The standard InChI is InChI=1S/C11H17NO3/c1-3-11(2,14)8-15-10-5-4-9(7-13)12-6-10/h4-6,13-14H,3,7-8H2,1-2H3. The minimum atomic E-state index is -0.810. The first-order chi connectivity index (χ1) is 7.07. The van der Waals surface area contributed by atoms with Crippen molar-refractivity contribution in [1.29, 1.82) is 0 Å². The number of hydrogen-bond donors (Lipinski definition) is 2. The van der Waals surface area contributed by atoms with E-state index in [1.165, 1.54) is 6.20 Å². The number of aliphatic hydroxyl groups is 2. The van der Waals surface area contributed by atoms with Crippen LogP contribution in [0.2, 0.25) is 0 Å².